The predicted octanol–water partition coefficient (Wildman–Crippen LogP) is 4.20. The van der Waals surface area contributed by atoms with Gasteiger partial charge in [0.25, 0.3) is 0 Å². The lowest BCUT2D eigenvalue weighted by Crippen LogP contribution is -2.35. The SMILES string of the molecule is CCOC(=O)c1cn(C)c2ncc(-c3cnc4c(c3N3CC[C@@H]5CN(C)C[C@@H]53)-c3c(F)c(F)cc(NC)c3C4)cc2c1=O. The minimum Gasteiger partial charge on any atom is -0.462 e. The van der Waals surface area contributed by atoms with Crippen LogP contribution in [0.15, 0.2) is 35.5 Å². The van der Waals surface area contributed by atoms with Gasteiger partial charge < -0.3 is 24.4 Å². The van der Waals surface area contributed by atoms with Crippen LogP contribution in [0.25, 0.3) is 33.3 Å². The lowest BCUT2D eigenvalue weighted by Gasteiger charge is -2.31. The molecule has 1 N–H and O–H groups in total. The zero-order valence-electron chi connectivity index (χ0n) is 24.5. The van der Waals surface area contributed by atoms with E-state index in [1.807, 2.05) is 0 Å². The van der Waals surface area contributed by atoms with Crippen LogP contribution >= 0.6 is 0 Å². The van der Waals surface area contributed by atoms with Crippen LogP contribution in [-0.2, 0) is 18.2 Å². The number of rotatable bonds is 5. The van der Waals surface area contributed by atoms with Gasteiger partial charge in [-0.25, -0.2) is 18.6 Å². The summed E-state index contributed by atoms with van der Waals surface area (Å²) >= 11 is 0. The van der Waals surface area contributed by atoms with E-state index >= 15 is 4.39 Å². The summed E-state index contributed by atoms with van der Waals surface area (Å²) in [7, 11) is 5.51. The molecule has 222 valence electrons. The number of likely N-dealkylation sites (N-methyl/N-ethyl adjacent to an activating group) is 1. The molecule has 3 aliphatic rings. The zero-order valence-corrected chi connectivity index (χ0v) is 24.5. The number of hydrogen-bond acceptors (Lipinski definition) is 8. The molecule has 2 aliphatic heterocycles. The third kappa shape index (κ3) is 4.12. The third-order valence-electron chi connectivity index (χ3n) is 9.16. The van der Waals surface area contributed by atoms with E-state index in [2.05, 4.69) is 27.1 Å². The number of fused-ring (bicyclic) bond motifs is 5. The highest BCUT2D eigenvalue weighted by molar-refractivity contribution is 5.99. The van der Waals surface area contributed by atoms with Gasteiger partial charge in [0.15, 0.2) is 11.6 Å². The normalized spacial score (nSPS) is 19.1. The number of nitrogens with one attached hydrogen (secondary N) is 1. The number of carbonyl (C=O) groups is 1. The fourth-order valence-corrected chi connectivity index (χ4v) is 7.26. The molecule has 2 atom stereocenters. The highest BCUT2D eigenvalue weighted by Crippen LogP contribution is 2.52. The highest BCUT2D eigenvalue weighted by Gasteiger charge is 2.43. The third-order valence-corrected chi connectivity index (χ3v) is 9.16. The number of hydrogen-bond donors (Lipinski definition) is 1. The fourth-order valence-electron chi connectivity index (χ4n) is 7.26. The van der Waals surface area contributed by atoms with E-state index in [0.29, 0.717) is 51.6 Å². The summed E-state index contributed by atoms with van der Waals surface area (Å²) in [6, 6.07) is 3.10. The van der Waals surface area contributed by atoms with E-state index in [1.54, 1.807) is 44.0 Å². The topological polar surface area (TPSA) is 92.6 Å². The van der Waals surface area contributed by atoms with Crippen molar-refractivity contribution in [2.75, 3.05) is 50.6 Å². The average Bonchev–Trinajstić information content (AvgIpc) is 3.68. The molecular formula is C32H32F2N6O3. The maximum absolute atomic E-state index is 15.8. The molecule has 0 bridgehead atoms. The highest BCUT2D eigenvalue weighted by atomic mass is 19.2. The molecule has 7 rings (SSSR count). The summed E-state index contributed by atoms with van der Waals surface area (Å²) in [4.78, 5) is 40.1. The van der Waals surface area contributed by atoms with Crippen molar-refractivity contribution in [2.45, 2.75) is 25.8 Å². The molecule has 0 spiro atoms. The molecule has 2 saturated heterocycles. The van der Waals surface area contributed by atoms with Crippen molar-refractivity contribution in [3.05, 3.63) is 69.4 Å². The van der Waals surface area contributed by atoms with E-state index in [9.17, 15) is 14.0 Å². The van der Waals surface area contributed by atoms with E-state index in [1.165, 1.54) is 12.3 Å². The molecule has 2 fully saturated rings. The number of carbonyl (C=O) groups excluding carboxylic acids is 1. The lowest BCUT2D eigenvalue weighted by atomic mass is 9.96. The number of nitrogens with zero attached hydrogens (tertiary/aromatic N) is 5. The second kappa shape index (κ2) is 10.1. The molecule has 4 aromatic rings. The van der Waals surface area contributed by atoms with Gasteiger partial charge >= 0.3 is 5.97 Å². The maximum atomic E-state index is 15.8. The number of aryl methyl sites for hydroxylation is 1. The molecule has 43 heavy (non-hydrogen) atoms. The number of aromatic nitrogens is 3. The number of pyridine rings is 3. The second-order valence-electron chi connectivity index (χ2n) is 11.7. The molecule has 9 nitrogen and oxygen atoms in total. The standard InChI is InChI=1S/C32H32F2N6O3/c1-5-43-32(42)21-14-39(4)31-19(30(21)41)8-17(11-37-31)20-12-36-24-9-18-23(35-2)10-22(33)28(34)26(18)27(24)29(20)40-7-6-16-13-38(3)15-25(16)40/h8,10-12,14,16,25,35H,5-7,9,13,15H2,1-4H3/t16-,25+/m1/s1. The van der Waals surface area contributed by atoms with Crippen LogP contribution in [0.3, 0.4) is 0 Å². The molecule has 1 aromatic carbocycles. The molecule has 5 heterocycles. The summed E-state index contributed by atoms with van der Waals surface area (Å²) in [5, 5.41) is 3.28. The van der Waals surface area contributed by atoms with Gasteiger partial charge in [0, 0.05) is 98.8 Å². The van der Waals surface area contributed by atoms with Crippen molar-refractivity contribution < 1.29 is 18.3 Å². The van der Waals surface area contributed by atoms with E-state index in [4.69, 9.17) is 9.72 Å². The lowest BCUT2D eigenvalue weighted by molar-refractivity contribution is 0.0524. The Labute approximate surface area is 247 Å². The largest absolute Gasteiger partial charge is 0.462 e. The Kier molecular flexibility index (Phi) is 6.46. The quantitative estimate of drug-likeness (QED) is 0.307. The van der Waals surface area contributed by atoms with Crippen molar-refractivity contribution in [1.82, 2.24) is 19.4 Å². The summed E-state index contributed by atoms with van der Waals surface area (Å²) in [5.74, 6) is -2.06. The van der Waals surface area contributed by atoms with Crippen LogP contribution in [-0.4, -0.2) is 71.8 Å². The van der Waals surface area contributed by atoms with Crippen LogP contribution in [0.5, 0.6) is 0 Å². The van der Waals surface area contributed by atoms with Crippen molar-refractivity contribution in [3.8, 4) is 22.3 Å². The molecule has 0 saturated carbocycles. The number of ether oxygens (including phenoxy) is 1. The molecule has 11 heteroatoms. The number of halogens is 2. The smallest absolute Gasteiger partial charge is 0.343 e. The Morgan fingerprint density at radius 2 is 1.95 bits per heavy atom. The summed E-state index contributed by atoms with van der Waals surface area (Å²) in [6.45, 7) is 4.40. The Morgan fingerprint density at radius 3 is 2.72 bits per heavy atom. The first kappa shape index (κ1) is 27.5. The predicted molar refractivity (Wildman–Crippen MR) is 161 cm³/mol. The number of likely N-dealkylation sites (tertiary alicyclic amines) is 1. The van der Waals surface area contributed by atoms with Crippen molar-refractivity contribution in [3.63, 3.8) is 0 Å². The van der Waals surface area contributed by atoms with Crippen molar-refractivity contribution >= 4 is 28.4 Å². The Bertz CT molecular complexity index is 1890. The Hall–Kier alpha value is -4.38. The van der Waals surface area contributed by atoms with Crippen LogP contribution in [0.4, 0.5) is 20.2 Å². The summed E-state index contributed by atoms with van der Waals surface area (Å²) in [5.41, 5.74) is 4.60. The Morgan fingerprint density at radius 1 is 1.14 bits per heavy atom. The van der Waals surface area contributed by atoms with Gasteiger partial charge in [0.1, 0.15) is 11.2 Å². The average molecular weight is 587 g/mol. The zero-order chi connectivity index (χ0) is 30.2. The number of esters is 1. The summed E-state index contributed by atoms with van der Waals surface area (Å²) in [6.07, 6.45) is 6.20. The van der Waals surface area contributed by atoms with E-state index < -0.39 is 23.0 Å². The molecule has 3 aromatic heterocycles. The van der Waals surface area contributed by atoms with Crippen LogP contribution < -0.4 is 15.6 Å². The van der Waals surface area contributed by atoms with Crippen LogP contribution in [0, 0.1) is 17.6 Å². The minimum absolute atomic E-state index is 0.0782. The molecule has 0 radical (unpaired) electrons. The van der Waals surface area contributed by atoms with Gasteiger partial charge in [-0.3, -0.25) is 9.78 Å². The van der Waals surface area contributed by atoms with Crippen LogP contribution in [0.1, 0.15) is 35.0 Å². The first-order valence-corrected chi connectivity index (χ1v) is 14.5. The van der Waals surface area contributed by atoms with Gasteiger partial charge in [-0.15, -0.1) is 0 Å². The first-order valence-electron chi connectivity index (χ1n) is 14.5. The Balaban J connectivity index is 1.49. The number of anilines is 2. The second-order valence-corrected chi connectivity index (χ2v) is 11.7. The molecule has 0 amide bonds. The molecular weight excluding hydrogens is 554 g/mol. The fraction of sp³-hybridized carbons (Fsp3) is 0.375. The number of benzene rings is 1. The van der Waals surface area contributed by atoms with Crippen molar-refractivity contribution in [1.29, 1.82) is 0 Å². The molecule has 1 aliphatic carbocycles. The van der Waals surface area contributed by atoms with E-state index in [0.717, 1.165) is 31.7 Å². The van der Waals surface area contributed by atoms with Gasteiger partial charge in [0.2, 0.25) is 5.43 Å². The van der Waals surface area contributed by atoms with Gasteiger partial charge in [-0.05, 0) is 37.9 Å². The van der Waals surface area contributed by atoms with Gasteiger partial charge in [-0.2, -0.15) is 0 Å². The van der Waals surface area contributed by atoms with Gasteiger partial charge in [-0.1, -0.05) is 0 Å². The van der Waals surface area contributed by atoms with Crippen LogP contribution in [0.2, 0.25) is 0 Å². The van der Waals surface area contributed by atoms with Crippen molar-refractivity contribution in [2.24, 2.45) is 13.0 Å². The summed E-state index contributed by atoms with van der Waals surface area (Å²) < 4.78 is 37.5. The monoisotopic (exact) mass is 586 g/mol. The minimum atomic E-state index is -0.922. The first-order chi connectivity index (χ1) is 20.7. The maximum Gasteiger partial charge on any atom is 0.343 e. The molecule has 0 unspecified atom stereocenters. The van der Waals surface area contributed by atoms with Gasteiger partial charge in [0.05, 0.1) is 23.4 Å². The van der Waals surface area contributed by atoms with E-state index in [-0.39, 0.29) is 29.2 Å².